The van der Waals surface area contributed by atoms with Crippen LogP contribution in [0.3, 0.4) is 0 Å². The highest BCUT2D eigenvalue weighted by atomic mass is 16.5. The van der Waals surface area contributed by atoms with Crippen molar-refractivity contribution >= 4 is 16.7 Å². The van der Waals surface area contributed by atoms with Crippen molar-refractivity contribution in [2.45, 2.75) is 83.8 Å². The van der Waals surface area contributed by atoms with E-state index < -0.39 is 5.60 Å². The van der Waals surface area contributed by atoms with Crippen molar-refractivity contribution in [3.8, 4) is 5.75 Å². The fraction of sp³-hybridized carbons (Fsp3) is 0.742. The van der Waals surface area contributed by atoms with Crippen molar-refractivity contribution in [3.05, 3.63) is 24.4 Å². The second-order valence-corrected chi connectivity index (χ2v) is 13.4. The van der Waals surface area contributed by atoms with E-state index in [9.17, 15) is 9.90 Å². The molecule has 0 radical (unpaired) electrons. The van der Waals surface area contributed by atoms with Crippen LogP contribution in [0.25, 0.3) is 10.9 Å². The van der Waals surface area contributed by atoms with E-state index >= 15 is 0 Å². The smallest absolute Gasteiger partial charge is 0.157 e. The summed E-state index contributed by atoms with van der Waals surface area (Å²) in [6.07, 6.45) is 11.7. The first-order valence-electron chi connectivity index (χ1n) is 14.4. The van der Waals surface area contributed by atoms with Gasteiger partial charge in [0.1, 0.15) is 11.3 Å². The second-order valence-electron chi connectivity index (χ2n) is 13.4. The number of Topliss-reactive ketones (excluding diaryl/α,β-unsaturated/α-hetero) is 1. The zero-order valence-corrected chi connectivity index (χ0v) is 23.0. The molecule has 0 spiro atoms. The van der Waals surface area contributed by atoms with Crippen LogP contribution in [0.4, 0.5) is 0 Å². The largest absolute Gasteiger partial charge is 0.494 e. The number of ether oxygens (including phenoxy) is 2. The van der Waals surface area contributed by atoms with Gasteiger partial charge in [-0.2, -0.15) is 5.10 Å². The number of fused-ring (bicyclic) bond motifs is 6. The molecular weight excluding hydrogens is 464 g/mol. The Kier molecular flexibility index (Phi) is 6.23. The molecule has 6 rings (SSSR count). The fourth-order valence-corrected chi connectivity index (χ4v) is 9.90. The second kappa shape index (κ2) is 9.08. The number of aliphatic hydroxyl groups is 1. The Morgan fingerprint density at radius 1 is 1.08 bits per heavy atom. The van der Waals surface area contributed by atoms with Gasteiger partial charge in [-0.1, -0.05) is 19.1 Å². The van der Waals surface area contributed by atoms with E-state index in [1.54, 1.807) is 7.11 Å². The highest BCUT2D eigenvalue weighted by Gasteiger charge is 2.63. The molecule has 37 heavy (non-hydrogen) atoms. The number of rotatable bonds is 6. The van der Waals surface area contributed by atoms with Crippen LogP contribution in [0.2, 0.25) is 0 Å². The molecular formula is C31H44N2O4. The number of hydrogen-bond donors (Lipinski definition) is 1. The van der Waals surface area contributed by atoms with E-state index in [4.69, 9.17) is 14.6 Å². The standard InChI is InChI=1S/C31H44N2O4/c1-29(35)14-15-31(19-36-3)21(16-29)8-9-22-23-10-11-25(30(23,2)13-12-24(22)31)26(34)18-33-17-20-6-5-7-27(37-4)28(20)32-33/h5-7,17,21-25,35H,8-16,18-19H2,1-4H3/t21-,22-,23-,24-,25+,29+,30-,31+/m0/s1. The van der Waals surface area contributed by atoms with E-state index in [0.717, 1.165) is 61.8 Å². The van der Waals surface area contributed by atoms with Gasteiger partial charge in [0.15, 0.2) is 5.78 Å². The van der Waals surface area contributed by atoms with Gasteiger partial charge >= 0.3 is 0 Å². The van der Waals surface area contributed by atoms with Gasteiger partial charge in [-0.25, -0.2) is 0 Å². The average molecular weight is 509 g/mol. The number of carbonyl (C=O) groups excluding carboxylic acids is 1. The van der Waals surface area contributed by atoms with Crippen LogP contribution in [0, 0.1) is 40.4 Å². The van der Waals surface area contributed by atoms with Crippen LogP contribution in [0.1, 0.15) is 71.6 Å². The van der Waals surface area contributed by atoms with Crippen molar-refractivity contribution in [1.29, 1.82) is 0 Å². The number of aromatic nitrogens is 2. The molecule has 1 N–H and O–H groups in total. The number of nitrogens with zero attached hydrogens (tertiary/aromatic N) is 2. The zero-order valence-electron chi connectivity index (χ0n) is 23.0. The molecule has 1 heterocycles. The Morgan fingerprint density at radius 3 is 2.70 bits per heavy atom. The van der Waals surface area contributed by atoms with Gasteiger partial charge in [0.2, 0.25) is 0 Å². The molecule has 4 aliphatic rings. The highest BCUT2D eigenvalue weighted by Crippen LogP contribution is 2.68. The van der Waals surface area contributed by atoms with Gasteiger partial charge < -0.3 is 14.6 Å². The molecule has 0 unspecified atom stereocenters. The molecule has 8 atom stereocenters. The quantitative estimate of drug-likeness (QED) is 0.546. The van der Waals surface area contributed by atoms with E-state index in [1.807, 2.05) is 43.1 Å². The number of carbonyl (C=O) groups is 1. The molecule has 0 aliphatic heterocycles. The molecule has 4 saturated carbocycles. The summed E-state index contributed by atoms with van der Waals surface area (Å²) >= 11 is 0. The molecule has 4 aliphatic carbocycles. The van der Waals surface area contributed by atoms with Gasteiger partial charge in [0.25, 0.3) is 0 Å². The minimum atomic E-state index is -0.538. The van der Waals surface area contributed by atoms with Gasteiger partial charge in [-0.05, 0) is 105 Å². The first-order chi connectivity index (χ1) is 17.7. The van der Waals surface area contributed by atoms with Gasteiger partial charge in [0.05, 0.1) is 25.9 Å². The third kappa shape index (κ3) is 3.96. The summed E-state index contributed by atoms with van der Waals surface area (Å²) < 4.78 is 13.2. The molecule has 0 bridgehead atoms. The van der Waals surface area contributed by atoms with Gasteiger partial charge in [0, 0.05) is 24.6 Å². The maximum Gasteiger partial charge on any atom is 0.157 e. The Labute approximate surface area is 221 Å². The summed E-state index contributed by atoms with van der Waals surface area (Å²) in [5, 5.41) is 16.6. The summed E-state index contributed by atoms with van der Waals surface area (Å²) in [5.74, 6) is 3.67. The van der Waals surface area contributed by atoms with Crippen molar-refractivity contribution in [3.63, 3.8) is 0 Å². The summed E-state index contributed by atoms with van der Waals surface area (Å²) in [6.45, 7) is 5.60. The minimum absolute atomic E-state index is 0.0732. The summed E-state index contributed by atoms with van der Waals surface area (Å²) in [6, 6.07) is 5.91. The maximum absolute atomic E-state index is 13.8. The van der Waals surface area contributed by atoms with Crippen LogP contribution in [-0.2, 0) is 16.1 Å². The topological polar surface area (TPSA) is 73.6 Å². The predicted molar refractivity (Wildman–Crippen MR) is 143 cm³/mol. The first kappa shape index (κ1) is 25.4. The highest BCUT2D eigenvalue weighted by molar-refractivity contribution is 5.86. The van der Waals surface area contributed by atoms with Crippen molar-refractivity contribution in [2.24, 2.45) is 40.4 Å². The van der Waals surface area contributed by atoms with Crippen LogP contribution < -0.4 is 4.74 Å². The molecule has 0 amide bonds. The normalized spacial score (nSPS) is 41.2. The molecule has 2 aromatic rings. The Morgan fingerprint density at radius 2 is 1.92 bits per heavy atom. The van der Waals surface area contributed by atoms with Crippen LogP contribution in [0.15, 0.2) is 24.4 Å². The molecule has 4 fully saturated rings. The number of methoxy groups -OCH3 is 2. The SMILES string of the molecule is COC[C@]12CC[C@@](C)(O)C[C@@H]1CC[C@H]1[C@@H]3CC[C@H](C(=O)Cn4cc5cccc(OC)c5n4)[C@@]3(C)CC[C@@H]12. The molecule has 1 aromatic carbocycles. The van der Waals surface area contributed by atoms with Crippen LogP contribution in [-0.4, -0.2) is 47.1 Å². The summed E-state index contributed by atoms with van der Waals surface area (Å²) in [4.78, 5) is 13.8. The van der Waals surface area contributed by atoms with Crippen molar-refractivity contribution in [1.82, 2.24) is 9.78 Å². The third-order valence-corrected chi connectivity index (χ3v) is 11.5. The third-order valence-electron chi connectivity index (χ3n) is 11.5. The van der Waals surface area contributed by atoms with Crippen molar-refractivity contribution < 1.29 is 19.4 Å². The lowest BCUT2D eigenvalue weighted by atomic mass is 9.43. The molecule has 6 heteroatoms. The number of ketones is 1. The average Bonchev–Trinajstić information content (AvgIpc) is 3.44. The van der Waals surface area contributed by atoms with Crippen LogP contribution >= 0.6 is 0 Å². The maximum atomic E-state index is 13.8. The summed E-state index contributed by atoms with van der Waals surface area (Å²) in [5.41, 5.74) is 0.548. The molecule has 6 nitrogen and oxygen atoms in total. The predicted octanol–water partition coefficient (Wildman–Crippen LogP) is 5.65. The van der Waals surface area contributed by atoms with Gasteiger partial charge in [-0.15, -0.1) is 0 Å². The number of hydrogen-bond acceptors (Lipinski definition) is 5. The number of benzene rings is 1. The van der Waals surface area contributed by atoms with E-state index in [2.05, 4.69) is 6.92 Å². The van der Waals surface area contributed by atoms with E-state index in [0.29, 0.717) is 36.0 Å². The lowest BCUT2D eigenvalue weighted by Gasteiger charge is -2.62. The summed E-state index contributed by atoms with van der Waals surface area (Å²) in [7, 11) is 3.52. The monoisotopic (exact) mass is 508 g/mol. The lowest BCUT2D eigenvalue weighted by Crippen LogP contribution is -2.58. The lowest BCUT2D eigenvalue weighted by molar-refractivity contribution is -0.175. The Hall–Kier alpha value is -1.92. The van der Waals surface area contributed by atoms with E-state index in [1.165, 1.54) is 19.3 Å². The first-order valence-corrected chi connectivity index (χ1v) is 14.4. The van der Waals surface area contributed by atoms with E-state index in [-0.39, 0.29) is 16.7 Å². The molecule has 202 valence electrons. The Balaban J connectivity index is 1.22. The van der Waals surface area contributed by atoms with Crippen LogP contribution in [0.5, 0.6) is 5.75 Å². The molecule has 1 aromatic heterocycles. The minimum Gasteiger partial charge on any atom is -0.494 e. The fourth-order valence-electron chi connectivity index (χ4n) is 9.90. The zero-order chi connectivity index (χ0) is 26.0. The van der Waals surface area contributed by atoms with Crippen molar-refractivity contribution in [2.75, 3.05) is 20.8 Å². The van der Waals surface area contributed by atoms with Gasteiger partial charge in [-0.3, -0.25) is 9.48 Å². The Bertz CT molecular complexity index is 1170. The molecule has 0 saturated heterocycles.